The second kappa shape index (κ2) is 3.66. The molecule has 4 nitrogen and oxygen atoms in total. The van der Waals surface area contributed by atoms with E-state index >= 15 is 0 Å². The number of benzene rings is 1. The van der Waals surface area contributed by atoms with E-state index in [0.717, 1.165) is 28.6 Å². The van der Waals surface area contributed by atoms with E-state index in [1.54, 1.807) is 6.07 Å². The Balaban J connectivity index is 2.25. The monoisotopic (exact) mass is 227 g/mol. The number of anilines is 1. The van der Waals surface area contributed by atoms with Gasteiger partial charge >= 0.3 is 0 Å². The molecule has 86 valence electrons. The van der Waals surface area contributed by atoms with Crippen LogP contribution in [-0.2, 0) is 6.42 Å². The summed E-state index contributed by atoms with van der Waals surface area (Å²) in [6.45, 7) is 2.14. The number of aromatic nitrogens is 2. The number of nitrogen functional groups attached to an aromatic ring is 1. The van der Waals surface area contributed by atoms with Crippen LogP contribution < -0.4 is 5.73 Å². The minimum absolute atomic E-state index is 0.334. The average Bonchev–Trinajstić information content (AvgIpc) is 2.94. The standard InChI is InChI=1S/C13H13N3O/c1-2-8-4-3-5-9-10(7-15-13(8)9)11-6-12(14)17-16-11/h3-7,15H,2,14H2,1H3. The highest BCUT2D eigenvalue weighted by molar-refractivity contribution is 5.96. The van der Waals surface area contributed by atoms with Crippen molar-refractivity contribution in [3.8, 4) is 11.3 Å². The van der Waals surface area contributed by atoms with Crippen LogP contribution in [-0.4, -0.2) is 10.1 Å². The van der Waals surface area contributed by atoms with Crippen LogP contribution in [0.4, 0.5) is 5.88 Å². The summed E-state index contributed by atoms with van der Waals surface area (Å²) in [5.41, 5.74) is 9.79. The van der Waals surface area contributed by atoms with Gasteiger partial charge in [0.1, 0.15) is 5.69 Å². The first-order valence-electron chi connectivity index (χ1n) is 5.61. The lowest BCUT2D eigenvalue weighted by Gasteiger charge is -1.99. The molecule has 0 saturated heterocycles. The highest BCUT2D eigenvalue weighted by Crippen LogP contribution is 2.30. The molecule has 0 radical (unpaired) electrons. The van der Waals surface area contributed by atoms with Crippen molar-refractivity contribution >= 4 is 16.8 Å². The molecule has 0 aliphatic heterocycles. The Hall–Kier alpha value is -2.23. The van der Waals surface area contributed by atoms with Gasteiger partial charge in [-0.05, 0) is 12.0 Å². The molecule has 0 bridgehead atoms. The summed E-state index contributed by atoms with van der Waals surface area (Å²) in [5, 5.41) is 5.09. The molecular formula is C13H13N3O. The number of nitrogens with zero attached hydrogens (tertiary/aromatic N) is 1. The molecule has 0 spiro atoms. The lowest BCUT2D eigenvalue weighted by molar-refractivity contribution is 0.439. The van der Waals surface area contributed by atoms with E-state index in [-0.39, 0.29) is 0 Å². The SMILES string of the molecule is CCc1cccc2c(-c3cc(N)on3)c[nH]c12. The van der Waals surface area contributed by atoms with Crippen molar-refractivity contribution in [2.24, 2.45) is 0 Å². The quantitative estimate of drug-likeness (QED) is 0.707. The number of hydrogen-bond donors (Lipinski definition) is 2. The number of nitrogens with one attached hydrogen (secondary N) is 1. The van der Waals surface area contributed by atoms with Crippen molar-refractivity contribution in [3.05, 3.63) is 36.0 Å². The topological polar surface area (TPSA) is 67.8 Å². The van der Waals surface area contributed by atoms with Gasteiger partial charge in [-0.2, -0.15) is 0 Å². The normalized spacial score (nSPS) is 11.1. The third kappa shape index (κ3) is 1.49. The lowest BCUT2D eigenvalue weighted by atomic mass is 10.1. The van der Waals surface area contributed by atoms with E-state index in [9.17, 15) is 0 Å². The summed E-state index contributed by atoms with van der Waals surface area (Å²) in [6.07, 6.45) is 2.94. The zero-order chi connectivity index (χ0) is 11.8. The summed E-state index contributed by atoms with van der Waals surface area (Å²) in [5.74, 6) is 0.334. The fourth-order valence-electron chi connectivity index (χ4n) is 2.14. The third-order valence-electron chi connectivity index (χ3n) is 2.99. The van der Waals surface area contributed by atoms with Crippen molar-refractivity contribution in [3.63, 3.8) is 0 Å². The van der Waals surface area contributed by atoms with Gasteiger partial charge in [0.2, 0.25) is 5.88 Å². The van der Waals surface area contributed by atoms with Crippen molar-refractivity contribution in [2.45, 2.75) is 13.3 Å². The van der Waals surface area contributed by atoms with Gasteiger partial charge in [-0.1, -0.05) is 30.3 Å². The van der Waals surface area contributed by atoms with E-state index in [4.69, 9.17) is 10.3 Å². The van der Waals surface area contributed by atoms with Gasteiger partial charge in [0.05, 0.1) is 0 Å². The second-order valence-corrected chi connectivity index (χ2v) is 4.01. The van der Waals surface area contributed by atoms with E-state index < -0.39 is 0 Å². The highest BCUT2D eigenvalue weighted by Gasteiger charge is 2.11. The number of hydrogen-bond acceptors (Lipinski definition) is 3. The molecular weight excluding hydrogens is 214 g/mol. The number of fused-ring (bicyclic) bond motifs is 1. The Morgan fingerprint density at radius 1 is 1.41 bits per heavy atom. The fourth-order valence-corrected chi connectivity index (χ4v) is 2.14. The fraction of sp³-hybridized carbons (Fsp3) is 0.154. The first kappa shape index (κ1) is 9.96. The van der Waals surface area contributed by atoms with Gasteiger partial charge in [0.15, 0.2) is 0 Å². The average molecular weight is 227 g/mol. The zero-order valence-corrected chi connectivity index (χ0v) is 9.53. The molecule has 0 saturated carbocycles. The maximum absolute atomic E-state index is 5.55. The van der Waals surface area contributed by atoms with E-state index in [1.165, 1.54) is 5.56 Å². The minimum atomic E-state index is 0.334. The molecule has 2 heterocycles. The smallest absolute Gasteiger partial charge is 0.222 e. The molecule has 0 aliphatic rings. The van der Waals surface area contributed by atoms with Crippen molar-refractivity contribution in [1.29, 1.82) is 0 Å². The number of rotatable bonds is 2. The van der Waals surface area contributed by atoms with Crippen LogP contribution in [0.1, 0.15) is 12.5 Å². The third-order valence-corrected chi connectivity index (χ3v) is 2.99. The molecule has 0 aliphatic carbocycles. The maximum Gasteiger partial charge on any atom is 0.222 e. The molecule has 3 rings (SSSR count). The summed E-state index contributed by atoms with van der Waals surface area (Å²) in [4.78, 5) is 3.29. The predicted octanol–water partition coefficient (Wildman–Crippen LogP) is 2.97. The van der Waals surface area contributed by atoms with Crippen LogP contribution >= 0.6 is 0 Å². The molecule has 3 N–H and O–H groups in total. The first-order valence-corrected chi connectivity index (χ1v) is 5.61. The van der Waals surface area contributed by atoms with Gasteiger partial charge in [-0.15, -0.1) is 0 Å². The van der Waals surface area contributed by atoms with Gasteiger partial charge < -0.3 is 15.2 Å². The van der Waals surface area contributed by atoms with E-state index in [0.29, 0.717) is 5.88 Å². The summed E-state index contributed by atoms with van der Waals surface area (Å²) >= 11 is 0. The van der Waals surface area contributed by atoms with Crippen LogP contribution in [0, 0.1) is 0 Å². The van der Waals surface area contributed by atoms with Crippen molar-refractivity contribution in [1.82, 2.24) is 10.1 Å². The van der Waals surface area contributed by atoms with Crippen LogP contribution in [0.2, 0.25) is 0 Å². The Labute approximate surface area is 98.4 Å². The largest absolute Gasteiger partial charge is 0.368 e. The molecule has 2 aromatic heterocycles. The molecule has 3 aromatic rings. The number of aromatic amines is 1. The van der Waals surface area contributed by atoms with Gasteiger partial charge in [0, 0.05) is 28.7 Å². The minimum Gasteiger partial charge on any atom is -0.368 e. The molecule has 0 fully saturated rings. The second-order valence-electron chi connectivity index (χ2n) is 4.01. The number of H-pyrrole nitrogens is 1. The lowest BCUT2D eigenvalue weighted by Crippen LogP contribution is -1.81. The zero-order valence-electron chi connectivity index (χ0n) is 9.53. The predicted molar refractivity (Wildman–Crippen MR) is 67.6 cm³/mol. The number of nitrogens with two attached hydrogens (primary N) is 1. The Kier molecular flexibility index (Phi) is 2.14. The van der Waals surface area contributed by atoms with Crippen molar-refractivity contribution in [2.75, 3.05) is 5.73 Å². The molecule has 1 aromatic carbocycles. The number of aryl methyl sites for hydroxylation is 1. The molecule has 0 unspecified atom stereocenters. The highest BCUT2D eigenvalue weighted by atomic mass is 16.5. The Morgan fingerprint density at radius 3 is 3.00 bits per heavy atom. The van der Waals surface area contributed by atoms with Crippen LogP contribution in [0.5, 0.6) is 0 Å². The maximum atomic E-state index is 5.55. The molecule has 17 heavy (non-hydrogen) atoms. The Morgan fingerprint density at radius 2 is 2.29 bits per heavy atom. The summed E-state index contributed by atoms with van der Waals surface area (Å²) in [6, 6.07) is 7.99. The molecule has 0 atom stereocenters. The Bertz CT molecular complexity index is 666. The van der Waals surface area contributed by atoms with Gasteiger partial charge in [0.25, 0.3) is 0 Å². The van der Waals surface area contributed by atoms with Crippen LogP contribution in [0.25, 0.3) is 22.2 Å². The van der Waals surface area contributed by atoms with Crippen molar-refractivity contribution < 1.29 is 4.52 Å². The summed E-state index contributed by atoms with van der Waals surface area (Å²) in [7, 11) is 0. The van der Waals surface area contributed by atoms with Gasteiger partial charge in [-0.3, -0.25) is 0 Å². The van der Waals surface area contributed by atoms with Crippen LogP contribution in [0.3, 0.4) is 0 Å². The van der Waals surface area contributed by atoms with E-state index in [1.807, 2.05) is 6.20 Å². The van der Waals surface area contributed by atoms with Crippen LogP contribution in [0.15, 0.2) is 35.0 Å². The molecule has 4 heteroatoms. The number of para-hydroxylation sites is 1. The summed E-state index contributed by atoms with van der Waals surface area (Å²) < 4.78 is 4.91. The first-order chi connectivity index (χ1) is 8.29. The van der Waals surface area contributed by atoms with Gasteiger partial charge in [-0.25, -0.2) is 0 Å². The van der Waals surface area contributed by atoms with E-state index in [2.05, 4.69) is 35.3 Å². The molecule has 0 amide bonds.